The third-order valence-corrected chi connectivity index (χ3v) is 3.33. The number of aromatic nitrogens is 1. The van der Waals surface area contributed by atoms with Gasteiger partial charge in [0.05, 0.1) is 11.4 Å². The first-order valence-corrected chi connectivity index (χ1v) is 7.40. The van der Waals surface area contributed by atoms with Crippen molar-refractivity contribution in [1.29, 1.82) is 0 Å². The fourth-order valence-corrected chi connectivity index (χ4v) is 2.33. The summed E-state index contributed by atoms with van der Waals surface area (Å²) >= 11 is 1.83. The summed E-state index contributed by atoms with van der Waals surface area (Å²) in [6.45, 7) is 4.40. The summed E-state index contributed by atoms with van der Waals surface area (Å²) in [5.41, 5.74) is 2.36. The van der Waals surface area contributed by atoms with Gasteiger partial charge in [0.15, 0.2) is 0 Å². The van der Waals surface area contributed by atoms with Crippen LogP contribution < -0.4 is 5.32 Å². The number of carboxylic acids is 1. The Hall–Kier alpha value is -1.23. The predicted octanol–water partition coefficient (Wildman–Crippen LogP) is 2.95. The second-order valence-electron chi connectivity index (χ2n) is 4.20. The largest absolute Gasteiger partial charge is 0.478 e. The monoisotopic (exact) mass is 268 g/mol. The first-order valence-electron chi connectivity index (χ1n) is 6.00. The Morgan fingerprint density at radius 3 is 2.78 bits per heavy atom. The number of aromatic carboxylic acids is 1. The molecule has 0 spiro atoms. The molecule has 1 heterocycles. The quantitative estimate of drug-likeness (QED) is 0.744. The molecule has 100 valence electrons. The topological polar surface area (TPSA) is 62.2 Å². The van der Waals surface area contributed by atoms with E-state index in [1.165, 1.54) is 0 Å². The van der Waals surface area contributed by atoms with E-state index in [2.05, 4.69) is 16.6 Å². The Morgan fingerprint density at radius 2 is 2.17 bits per heavy atom. The molecule has 0 aromatic carbocycles. The van der Waals surface area contributed by atoms with Crippen molar-refractivity contribution in [2.75, 3.05) is 23.9 Å². The Bertz CT molecular complexity index is 422. The lowest BCUT2D eigenvalue weighted by Crippen LogP contribution is -2.11. The summed E-state index contributed by atoms with van der Waals surface area (Å²) < 4.78 is 0. The molecule has 0 radical (unpaired) electrons. The molecule has 0 saturated carbocycles. The molecular formula is C13H20N2O2S. The van der Waals surface area contributed by atoms with Gasteiger partial charge in [0.25, 0.3) is 0 Å². The highest BCUT2D eigenvalue weighted by atomic mass is 32.2. The molecule has 0 aliphatic heterocycles. The van der Waals surface area contributed by atoms with Crippen molar-refractivity contribution in [1.82, 2.24) is 4.98 Å². The minimum absolute atomic E-state index is 0.283. The molecule has 2 N–H and O–H groups in total. The lowest BCUT2D eigenvalue weighted by Gasteiger charge is -2.12. The van der Waals surface area contributed by atoms with Crippen LogP contribution in [-0.4, -0.2) is 34.6 Å². The third-order valence-electron chi connectivity index (χ3n) is 2.63. The van der Waals surface area contributed by atoms with E-state index < -0.39 is 5.97 Å². The molecule has 4 nitrogen and oxygen atoms in total. The summed E-state index contributed by atoms with van der Waals surface area (Å²) in [6, 6.07) is 1.80. The van der Waals surface area contributed by atoms with Crippen molar-refractivity contribution in [2.24, 2.45) is 0 Å². The number of hydrogen-bond acceptors (Lipinski definition) is 4. The van der Waals surface area contributed by atoms with Gasteiger partial charge in [-0.15, -0.1) is 0 Å². The van der Waals surface area contributed by atoms with Crippen LogP contribution in [0.3, 0.4) is 0 Å². The van der Waals surface area contributed by atoms with Crippen LogP contribution in [0.2, 0.25) is 0 Å². The predicted molar refractivity (Wildman–Crippen MR) is 76.8 cm³/mol. The number of thioether (sulfide) groups is 1. The molecule has 1 aromatic rings. The maximum atomic E-state index is 11.2. The maximum Gasteiger partial charge on any atom is 0.339 e. The number of unbranched alkanes of at least 4 members (excludes halogenated alkanes) is 1. The molecule has 1 aromatic heterocycles. The third kappa shape index (κ3) is 4.22. The summed E-state index contributed by atoms with van der Waals surface area (Å²) in [4.78, 5) is 15.4. The first kappa shape index (κ1) is 14.8. The Morgan fingerprint density at radius 1 is 1.44 bits per heavy atom. The van der Waals surface area contributed by atoms with E-state index >= 15 is 0 Å². The molecule has 0 unspecified atom stereocenters. The van der Waals surface area contributed by atoms with Crippen molar-refractivity contribution in [3.63, 3.8) is 0 Å². The smallest absolute Gasteiger partial charge is 0.339 e. The molecule has 0 bridgehead atoms. The molecule has 0 fully saturated rings. The van der Waals surface area contributed by atoms with Gasteiger partial charge in [0.2, 0.25) is 0 Å². The van der Waals surface area contributed by atoms with Crippen molar-refractivity contribution in [3.8, 4) is 0 Å². The van der Waals surface area contributed by atoms with Crippen LogP contribution in [0, 0.1) is 13.8 Å². The summed E-state index contributed by atoms with van der Waals surface area (Å²) in [5, 5.41) is 12.4. The number of anilines is 1. The zero-order chi connectivity index (χ0) is 13.5. The standard InChI is InChI=1S/C13H20N2O2S/c1-9-8-11(14-6-4-5-7-18-3)12(13(16)17)10(2)15-9/h8H,4-7H2,1-3H3,(H,14,15)(H,16,17). The number of nitrogens with one attached hydrogen (secondary N) is 1. The van der Waals surface area contributed by atoms with Crippen molar-refractivity contribution >= 4 is 23.4 Å². The molecule has 18 heavy (non-hydrogen) atoms. The first-order chi connectivity index (χ1) is 8.56. The fourth-order valence-electron chi connectivity index (χ4n) is 1.83. The molecule has 0 atom stereocenters. The van der Waals surface area contributed by atoms with E-state index in [4.69, 9.17) is 0 Å². The number of carbonyl (C=O) groups is 1. The second kappa shape index (κ2) is 7.26. The number of aryl methyl sites for hydroxylation is 2. The van der Waals surface area contributed by atoms with Gasteiger partial charge in [-0.2, -0.15) is 11.8 Å². The van der Waals surface area contributed by atoms with Gasteiger partial charge in [0, 0.05) is 12.2 Å². The molecule has 0 saturated heterocycles. The van der Waals surface area contributed by atoms with Crippen LogP contribution in [0.25, 0.3) is 0 Å². The molecular weight excluding hydrogens is 248 g/mol. The lowest BCUT2D eigenvalue weighted by atomic mass is 10.1. The van der Waals surface area contributed by atoms with E-state index in [1.54, 1.807) is 13.0 Å². The van der Waals surface area contributed by atoms with Gasteiger partial charge in [-0.3, -0.25) is 4.98 Å². The number of nitrogens with zero attached hydrogens (tertiary/aromatic N) is 1. The van der Waals surface area contributed by atoms with Crippen LogP contribution in [0.5, 0.6) is 0 Å². The zero-order valence-corrected chi connectivity index (χ0v) is 11.9. The molecule has 0 amide bonds. The summed E-state index contributed by atoms with van der Waals surface area (Å²) in [7, 11) is 0. The highest BCUT2D eigenvalue weighted by molar-refractivity contribution is 7.98. The Labute approximate surface area is 112 Å². The fraction of sp³-hybridized carbons (Fsp3) is 0.538. The van der Waals surface area contributed by atoms with E-state index in [0.29, 0.717) is 11.4 Å². The molecule has 0 aliphatic carbocycles. The van der Waals surface area contributed by atoms with Gasteiger partial charge in [-0.1, -0.05) is 0 Å². The van der Waals surface area contributed by atoms with Crippen LogP contribution in [0.1, 0.15) is 34.6 Å². The van der Waals surface area contributed by atoms with Crippen molar-refractivity contribution < 1.29 is 9.90 Å². The minimum atomic E-state index is -0.924. The van der Waals surface area contributed by atoms with Crippen LogP contribution in [-0.2, 0) is 0 Å². The summed E-state index contributed by atoms with van der Waals surface area (Å²) in [6.07, 6.45) is 4.27. The van der Waals surface area contributed by atoms with Gasteiger partial charge < -0.3 is 10.4 Å². The Kier molecular flexibility index (Phi) is 5.98. The number of carboxylic acid groups (broad SMARTS) is 1. The van der Waals surface area contributed by atoms with Crippen LogP contribution in [0.15, 0.2) is 6.07 Å². The average Bonchev–Trinajstić information content (AvgIpc) is 2.27. The average molecular weight is 268 g/mol. The van der Waals surface area contributed by atoms with E-state index in [-0.39, 0.29) is 5.56 Å². The van der Waals surface area contributed by atoms with E-state index in [1.807, 2.05) is 18.7 Å². The van der Waals surface area contributed by atoms with Gasteiger partial charge in [-0.25, -0.2) is 4.79 Å². The highest BCUT2D eigenvalue weighted by Gasteiger charge is 2.14. The van der Waals surface area contributed by atoms with Crippen LogP contribution >= 0.6 is 11.8 Å². The van der Waals surface area contributed by atoms with Gasteiger partial charge in [0.1, 0.15) is 5.56 Å². The maximum absolute atomic E-state index is 11.2. The van der Waals surface area contributed by atoms with Crippen LogP contribution in [0.4, 0.5) is 5.69 Å². The Balaban J connectivity index is 2.71. The zero-order valence-electron chi connectivity index (χ0n) is 11.1. The summed E-state index contributed by atoms with van der Waals surface area (Å²) in [5.74, 6) is 0.216. The molecule has 5 heteroatoms. The number of rotatable bonds is 7. The van der Waals surface area contributed by atoms with E-state index in [9.17, 15) is 9.90 Å². The lowest BCUT2D eigenvalue weighted by molar-refractivity contribution is 0.0696. The highest BCUT2D eigenvalue weighted by Crippen LogP contribution is 2.19. The normalized spacial score (nSPS) is 10.4. The molecule has 0 aliphatic rings. The van der Waals surface area contributed by atoms with Crippen molar-refractivity contribution in [3.05, 3.63) is 23.0 Å². The minimum Gasteiger partial charge on any atom is -0.478 e. The van der Waals surface area contributed by atoms with Crippen molar-refractivity contribution in [2.45, 2.75) is 26.7 Å². The van der Waals surface area contributed by atoms with Gasteiger partial charge in [-0.05, 0) is 44.8 Å². The van der Waals surface area contributed by atoms with E-state index in [0.717, 1.165) is 30.8 Å². The van der Waals surface area contributed by atoms with Gasteiger partial charge >= 0.3 is 5.97 Å². The number of hydrogen-bond donors (Lipinski definition) is 2. The number of pyridine rings is 1. The second-order valence-corrected chi connectivity index (χ2v) is 5.19. The molecule has 1 rings (SSSR count). The SMILES string of the molecule is CSCCCCNc1cc(C)nc(C)c1C(=O)O.